The molecule has 0 amide bonds. The van der Waals surface area contributed by atoms with Crippen molar-refractivity contribution in [2.24, 2.45) is 0 Å². The first-order valence-electron chi connectivity index (χ1n) is 4.57. The summed E-state index contributed by atoms with van der Waals surface area (Å²) in [5.41, 5.74) is 0.649. The molecule has 90 valence electrons. The summed E-state index contributed by atoms with van der Waals surface area (Å²) in [7, 11) is -7.52. The molecule has 0 aromatic heterocycles. The van der Waals surface area contributed by atoms with Crippen LogP contribution in [-0.2, 0) is 19.7 Å². The Morgan fingerprint density at radius 1 is 1.00 bits per heavy atom. The smallest absolute Gasteiger partial charge is 0.190 e. The summed E-state index contributed by atoms with van der Waals surface area (Å²) in [5, 5.41) is 0. The Bertz CT molecular complexity index is 382. The van der Waals surface area contributed by atoms with E-state index in [-0.39, 0.29) is 11.5 Å². The van der Waals surface area contributed by atoms with Gasteiger partial charge >= 0.3 is 0 Å². The van der Waals surface area contributed by atoms with Crippen molar-refractivity contribution in [2.45, 2.75) is 26.7 Å². The Labute approximate surface area is 96.2 Å². The van der Waals surface area contributed by atoms with E-state index in [1.807, 2.05) is 0 Å². The highest BCUT2D eigenvalue weighted by Gasteiger charge is 2.28. The van der Waals surface area contributed by atoms with Crippen molar-refractivity contribution >= 4 is 31.3 Å². The number of rotatable bonds is 6. The van der Waals surface area contributed by atoms with Gasteiger partial charge in [-0.05, 0) is 12.8 Å². The van der Waals surface area contributed by atoms with Crippen LogP contribution in [0.5, 0.6) is 0 Å². The van der Waals surface area contributed by atoms with Crippen LogP contribution < -0.4 is 0 Å². The summed E-state index contributed by atoms with van der Waals surface area (Å²) >= 11 is 5.29. The summed E-state index contributed by atoms with van der Waals surface area (Å²) in [6.07, 6.45) is 0.719. The second-order valence-corrected chi connectivity index (χ2v) is 7.70. The monoisotopic (exact) mass is 274 g/mol. The number of hydrogen-bond donors (Lipinski definition) is 0. The van der Waals surface area contributed by atoms with Crippen molar-refractivity contribution in [1.29, 1.82) is 0 Å². The van der Waals surface area contributed by atoms with Crippen molar-refractivity contribution in [3.8, 4) is 0 Å². The van der Waals surface area contributed by atoms with E-state index in [0.29, 0.717) is 18.4 Å². The minimum atomic E-state index is -3.76. The Kier molecular flexibility index (Phi) is 5.84. The van der Waals surface area contributed by atoms with E-state index in [2.05, 4.69) is 0 Å². The molecule has 0 unspecified atom stereocenters. The summed E-state index contributed by atoms with van der Waals surface area (Å²) in [4.78, 5) is 0. The molecule has 0 heterocycles. The molecule has 4 nitrogen and oxygen atoms in total. The van der Waals surface area contributed by atoms with Gasteiger partial charge in [0, 0.05) is 5.54 Å². The fourth-order valence-corrected chi connectivity index (χ4v) is 5.68. The third-order valence-electron chi connectivity index (χ3n) is 1.65. The molecule has 7 heteroatoms. The molecule has 0 aliphatic heterocycles. The van der Waals surface area contributed by atoms with Crippen LogP contribution in [0.3, 0.4) is 0 Å². The van der Waals surface area contributed by atoms with Crippen LogP contribution >= 0.6 is 11.6 Å². The summed E-state index contributed by atoms with van der Waals surface area (Å²) in [5.74, 6) is -0.400. The topological polar surface area (TPSA) is 68.3 Å². The van der Waals surface area contributed by atoms with E-state index in [4.69, 9.17) is 11.6 Å². The minimum absolute atomic E-state index is 0.200. The van der Waals surface area contributed by atoms with Gasteiger partial charge in [-0.2, -0.15) is 0 Å². The largest absolute Gasteiger partial charge is 0.223 e. The third-order valence-corrected chi connectivity index (χ3v) is 7.00. The molecule has 0 spiro atoms. The number of sulfone groups is 2. The zero-order valence-corrected chi connectivity index (χ0v) is 11.1. The standard InChI is InChI=1S/C8H15ClO4S2/c1-3-5-14(10,11)8(7-9)15(12,13)6-4-2/h7H,3-6H2,1-2H3. The molecule has 15 heavy (non-hydrogen) atoms. The molecule has 0 N–H and O–H groups in total. The highest BCUT2D eigenvalue weighted by molar-refractivity contribution is 8.14. The second-order valence-electron chi connectivity index (χ2n) is 3.07. The lowest BCUT2D eigenvalue weighted by Crippen LogP contribution is -2.18. The van der Waals surface area contributed by atoms with Gasteiger partial charge in [0.25, 0.3) is 0 Å². The fraction of sp³-hybridized carbons (Fsp3) is 0.750. The van der Waals surface area contributed by atoms with Crippen LogP contribution in [0.15, 0.2) is 9.77 Å². The molecule has 0 aliphatic carbocycles. The highest BCUT2D eigenvalue weighted by atomic mass is 35.5. The van der Waals surface area contributed by atoms with E-state index in [9.17, 15) is 16.8 Å². The van der Waals surface area contributed by atoms with Gasteiger partial charge in [0.15, 0.2) is 23.9 Å². The lowest BCUT2D eigenvalue weighted by Gasteiger charge is -2.07. The van der Waals surface area contributed by atoms with Crippen LogP contribution in [-0.4, -0.2) is 28.3 Å². The second kappa shape index (κ2) is 5.86. The van der Waals surface area contributed by atoms with E-state index < -0.39 is 23.9 Å². The summed E-state index contributed by atoms with van der Waals surface area (Å²) in [6, 6.07) is 0. The molecule has 0 aliphatic rings. The Morgan fingerprint density at radius 3 is 1.53 bits per heavy atom. The summed E-state index contributed by atoms with van der Waals surface area (Å²) < 4.78 is 45.6. The molecular formula is C8H15ClO4S2. The lowest BCUT2D eigenvalue weighted by atomic mass is 10.6. The fourth-order valence-electron chi connectivity index (χ4n) is 1.07. The average molecular weight is 275 g/mol. The minimum Gasteiger partial charge on any atom is -0.223 e. The van der Waals surface area contributed by atoms with Crippen LogP contribution in [0.4, 0.5) is 0 Å². The molecular weight excluding hydrogens is 260 g/mol. The zero-order valence-electron chi connectivity index (χ0n) is 8.73. The predicted molar refractivity (Wildman–Crippen MR) is 62.1 cm³/mol. The zero-order chi connectivity index (χ0) is 12.1. The quantitative estimate of drug-likeness (QED) is 0.739. The van der Waals surface area contributed by atoms with Crippen LogP contribution in [0, 0.1) is 0 Å². The molecule has 0 rings (SSSR count). The van der Waals surface area contributed by atoms with Gasteiger partial charge in [-0.3, -0.25) is 0 Å². The van der Waals surface area contributed by atoms with E-state index in [1.54, 1.807) is 13.8 Å². The molecule has 0 bridgehead atoms. The van der Waals surface area contributed by atoms with Crippen LogP contribution in [0.2, 0.25) is 0 Å². The molecule has 0 saturated carbocycles. The number of halogens is 1. The SMILES string of the molecule is CCCS(=O)(=O)C(=CCl)S(=O)(=O)CCC. The van der Waals surface area contributed by atoms with Gasteiger partial charge in [0.1, 0.15) is 0 Å². The Hall–Kier alpha value is -0.0700. The molecule has 0 aromatic carbocycles. The van der Waals surface area contributed by atoms with Gasteiger partial charge in [0.2, 0.25) is 0 Å². The maximum atomic E-state index is 11.6. The maximum Gasteiger partial charge on any atom is 0.190 e. The molecule has 0 aromatic rings. The van der Waals surface area contributed by atoms with Crippen LogP contribution in [0.1, 0.15) is 26.7 Å². The van der Waals surface area contributed by atoms with Gasteiger partial charge in [-0.1, -0.05) is 25.4 Å². The Morgan fingerprint density at radius 2 is 1.33 bits per heavy atom. The van der Waals surface area contributed by atoms with Crippen LogP contribution in [0.25, 0.3) is 0 Å². The van der Waals surface area contributed by atoms with Gasteiger partial charge in [0.05, 0.1) is 11.5 Å². The van der Waals surface area contributed by atoms with Crippen molar-refractivity contribution in [3.05, 3.63) is 9.77 Å². The molecule has 0 radical (unpaired) electrons. The normalized spacial score (nSPS) is 12.5. The predicted octanol–water partition coefficient (Wildman–Crippen LogP) is 1.67. The first-order valence-corrected chi connectivity index (χ1v) is 8.31. The first kappa shape index (κ1) is 14.9. The lowest BCUT2D eigenvalue weighted by molar-refractivity contribution is 0.594. The van der Waals surface area contributed by atoms with Gasteiger partial charge < -0.3 is 0 Å². The van der Waals surface area contributed by atoms with E-state index in [0.717, 1.165) is 0 Å². The van der Waals surface area contributed by atoms with E-state index >= 15 is 0 Å². The average Bonchev–Trinajstić information content (AvgIpc) is 2.02. The van der Waals surface area contributed by atoms with Crippen molar-refractivity contribution in [3.63, 3.8) is 0 Å². The Balaban J connectivity index is 5.31. The molecule has 0 atom stereocenters. The van der Waals surface area contributed by atoms with Gasteiger partial charge in [-0.25, -0.2) is 16.8 Å². The molecule has 0 fully saturated rings. The third kappa shape index (κ3) is 4.12. The van der Waals surface area contributed by atoms with Crippen molar-refractivity contribution < 1.29 is 16.8 Å². The van der Waals surface area contributed by atoms with E-state index in [1.165, 1.54) is 0 Å². The summed E-state index contributed by atoms with van der Waals surface area (Å²) in [6.45, 7) is 3.33. The van der Waals surface area contributed by atoms with Crippen molar-refractivity contribution in [1.82, 2.24) is 0 Å². The molecule has 0 saturated heterocycles. The first-order chi connectivity index (χ1) is 6.81. The van der Waals surface area contributed by atoms with Gasteiger partial charge in [-0.15, -0.1) is 0 Å². The highest BCUT2D eigenvalue weighted by Crippen LogP contribution is 2.19. The van der Waals surface area contributed by atoms with Crippen molar-refractivity contribution in [2.75, 3.05) is 11.5 Å². The number of hydrogen-bond acceptors (Lipinski definition) is 4. The maximum absolute atomic E-state index is 11.6.